The lowest BCUT2D eigenvalue weighted by molar-refractivity contribution is -0.136. The lowest BCUT2D eigenvalue weighted by Gasteiger charge is -2.18. The van der Waals surface area contributed by atoms with Gasteiger partial charge in [0.25, 0.3) is 0 Å². The Balaban J connectivity index is 1.66. The molecular weight excluding hydrogens is 437 g/mol. The summed E-state index contributed by atoms with van der Waals surface area (Å²) in [7, 11) is -3.77. The fraction of sp³-hybridized carbons (Fsp3) is 0.364. The summed E-state index contributed by atoms with van der Waals surface area (Å²) in [4.78, 5) is 11.4. The molecule has 32 heavy (non-hydrogen) atoms. The second kappa shape index (κ2) is 8.51. The van der Waals surface area contributed by atoms with Gasteiger partial charge in [-0.1, -0.05) is 19.1 Å². The summed E-state index contributed by atoms with van der Waals surface area (Å²) in [5.74, 6) is -0.760. The Labute approximate surface area is 185 Å². The molecule has 1 aliphatic rings. The van der Waals surface area contributed by atoms with Crippen molar-refractivity contribution in [3.05, 3.63) is 53.7 Å². The Bertz CT molecular complexity index is 1260. The molecule has 2 aromatic carbocycles. The number of rotatable bonds is 7. The first-order chi connectivity index (χ1) is 15.2. The summed E-state index contributed by atoms with van der Waals surface area (Å²) >= 11 is 0. The van der Waals surface area contributed by atoms with E-state index in [2.05, 4.69) is 5.10 Å². The molecule has 8 nitrogen and oxygen atoms in total. The molecule has 0 saturated carbocycles. The van der Waals surface area contributed by atoms with Gasteiger partial charge in [-0.2, -0.15) is 9.40 Å². The number of halogens is 1. The van der Waals surface area contributed by atoms with Gasteiger partial charge in [0.1, 0.15) is 5.75 Å². The highest BCUT2D eigenvalue weighted by molar-refractivity contribution is 7.89. The van der Waals surface area contributed by atoms with Crippen LogP contribution in [0.15, 0.2) is 47.4 Å². The number of carbonyl (C=O) groups is 1. The lowest BCUT2D eigenvalue weighted by Crippen LogP contribution is -2.29. The molecule has 1 fully saturated rings. The van der Waals surface area contributed by atoms with E-state index in [4.69, 9.17) is 4.74 Å². The molecule has 3 aromatic rings. The van der Waals surface area contributed by atoms with Gasteiger partial charge in [0.05, 0.1) is 28.6 Å². The van der Waals surface area contributed by atoms with Crippen molar-refractivity contribution in [3.8, 4) is 5.75 Å². The predicted octanol–water partition coefficient (Wildman–Crippen LogP) is 3.16. The van der Waals surface area contributed by atoms with Crippen LogP contribution in [0.2, 0.25) is 0 Å². The first-order valence-corrected chi connectivity index (χ1v) is 11.6. The maximum Gasteiger partial charge on any atom is 0.309 e. The molecule has 1 aromatic heterocycles. The number of carboxylic acid groups (broad SMARTS) is 1. The van der Waals surface area contributed by atoms with Gasteiger partial charge in [0.15, 0.2) is 0 Å². The molecular formula is C22H24FN3O5S. The summed E-state index contributed by atoms with van der Waals surface area (Å²) in [5.41, 5.74) is 2.26. The van der Waals surface area contributed by atoms with Crippen LogP contribution in [-0.2, 0) is 21.2 Å². The van der Waals surface area contributed by atoms with Crippen LogP contribution in [-0.4, -0.2) is 53.5 Å². The third kappa shape index (κ3) is 4.07. The number of benzene rings is 2. The number of nitrogens with zero attached hydrogens (tertiary/aromatic N) is 3. The highest BCUT2D eigenvalue weighted by atomic mass is 32.2. The average molecular weight is 462 g/mol. The number of alkyl halides is 1. The van der Waals surface area contributed by atoms with Crippen molar-refractivity contribution >= 4 is 26.9 Å². The van der Waals surface area contributed by atoms with Gasteiger partial charge in [-0.05, 0) is 48.7 Å². The first-order valence-electron chi connectivity index (χ1n) is 10.2. The maximum atomic E-state index is 13.2. The van der Waals surface area contributed by atoms with Crippen LogP contribution in [0.5, 0.6) is 5.75 Å². The van der Waals surface area contributed by atoms with E-state index < -0.39 is 22.9 Å². The average Bonchev–Trinajstić information content (AvgIpc) is 3.29. The summed E-state index contributed by atoms with van der Waals surface area (Å²) < 4.78 is 46.7. The molecule has 1 aliphatic heterocycles. The largest absolute Gasteiger partial charge is 0.481 e. The quantitative estimate of drug-likeness (QED) is 0.580. The molecule has 10 heteroatoms. The van der Waals surface area contributed by atoms with Gasteiger partial charge < -0.3 is 9.84 Å². The van der Waals surface area contributed by atoms with Crippen LogP contribution in [0.3, 0.4) is 0 Å². The minimum Gasteiger partial charge on any atom is -0.481 e. The second-order valence-corrected chi connectivity index (χ2v) is 10.0. The Hall–Kier alpha value is -2.98. The minimum atomic E-state index is -3.77. The van der Waals surface area contributed by atoms with E-state index in [0.717, 1.165) is 16.5 Å². The highest BCUT2D eigenvalue weighted by Crippen LogP contribution is 2.35. The minimum absolute atomic E-state index is 0.0415. The Morgan fingerprint density at radius 1 is 1.22 bits per heavy atom. The van der Waals surface area contributed by atoms with Crippen molar-refractivity contribution in [3.63, 3.8) is 0 Å². The zero-order valence-electron chi connectivity index (χ0n) is 17.7. The molecule has 0 amide bonds. The third-order valence-electron chi connectivity index (χ3n) is 5.79. The number of aromatic nitrogens is 2. The third-order valence-corrected chi connectivity index (χ3v) is 7.64. The smallest absolute Gasteiger partial charge is 0.309 e. The van der Waals surface area contributed by atoms with E-state index >= 15 is 0 Å². The number of ether oxygens (including phenoxy) is 1. The maximum absolute atomic E-state index is 13.2. The van der Waals surface area contributed by atoms with E-state index in [1.807, 2.05) is 32.0 Å². The summed E-state index contributed by atoms with van der Waals surface area (Å²) in [6.07, 6.45) is -0.205. The van der Waals surface area contributed by atoms with E-state index in [9.17, 15) is 22.7 Å². The van der Waals surface area contributed by atoms with Gasteiger partial charge in [0, 0.05) is 18.5 Å². The lowest BCUT2D eigenvalue weighted by atomic mass is 10.1. The topological polar surface area (TPSA) is 102 Å². The van der Waals surface area contributed by atoms with Crippen LogP contribution < -0.4 is 4.74 Å². The fourth-order valence-corrected chi connectivity index (χ4v) is 5.74. The summed E-state index contributed by atoms with van der Waals surface area (Å²) in [6.45, 7) is 3.43. The van der Waals surface area contributed by atoms with E-state index in [1.165, 1.54) is 28.6 Å². The molecule has 2 heterocycles. The summed E-state index contributed by atoms with van der Waals surface area (Å²) in [5, 5.41) is 14.6. The number of hydrogen-bond donors (Lipinski definition) is 1. The van der Waals surface area contributed by atoms with Crippen molar-refractivity contribution in [2.75, 3.05) is 20.0 Å². The van der Waals surface area contributed by atoms with Gasteiger partial charge in [-0.25, -0.2) is 12.8 Å². The number of sulfonamides is 1. The number of fused-ring (bicyclic) bond motifs is 1. The number of aliphatic carboxylic acids is 1. The van der Waals surface area contributed by atoms with Crippen molar-refractivity contribution < 1.29 is 27.4 Å². The van der Waals surface area contributed by atoms with E-state index in [-0.39, 0.29) is 35.6 Å². The molecule has 0 bridgehead atoms. The fourth-order valence-electron chi connectivity index (χ4n) is 4.18. The zero-order chi connectivity index (χ0) is 23.0. The van der Waals surface area contributed by atoms with Crippen molar-refractivity contribution in [2.45, 2.75) is 31.2 Å². The van der Waals surface area contributed by atoms with Gasteiger partial charge >= 0.3 is 5.97 Å². The van der Waals surface area contributed by atoms with Crippen molar-refractivity contribution in [1.82, 2.24) is 14.1 Å². The second-order valence-electron chi connectivity index (χ2n) is 8.07. The predicted molar refractivity (Wildman–Crippen MR) is 116 cm³/mol. The van der Waals surface area contributed by atoms with Crippen molar-refractivity contribution in [1.29, 1.82) is 0 Å². The Kier molecular flexibility index (Phi) is 5.91. The number of carboxylic acids is 1. The molecule has 1 N–H and O–H groups in total. The monoisotopic (exact) mass is 461 g/mol. The van der Waals surface area contributed by atoms with Gasteiger partial charge in [-0.15, -0.1) is 0 Å². The zero-order valence-corrected chi connectivity index (χ0v) is 18.5. The molecule has 1 saturated heterocycles. The molecule has 170 valence electrons. The molecule has 4 rings (SSSR count). The van der Waals surface area contributed by atoms with Crippen LogP contribution in [0.25, 0.3) is 10.9 Å². The van der Waals surface area contributed by atoms with E-state index in [0.29, 0.717) is 12.2 Å². The Morgan fingerprint density at radius 2 is 1.94 bits per heavy atom. The molecule has 0 spiro atoms. The Morgan fingerprint density at radius 3 is 2.59 bits per heavy atom. The molecule has 0 aliphatic carbocycles. The van der Waals surface area contributed by atoms with Gasteiger partial charge in [0.2, 0.25) is 16.9 Å². The normalized spacial score (nSPS) is 19.5. The van der Waals surface area contributed by atoms with Crippen LogP contribution in [0.4, 0.5) is 4.39 Å². The molecule has 2 atom stereocenters. The standard InChI is InChI=1S/C22H24FN3O5S/c1-14-3-8-18-19(10-22(27)28)24-26(20(18)9-14)21-12-25(11-15(21)2)32(29,30)17-6-4-16(5-7-17)31-13-23/h3-9,15,21H,10-13H2,1-2H3,(H,27,28)/t15-,21+/m1/s1. The van der Waals surface area contributed by atoms with Gasteiger partial charge in [-0.3, -0.25) is 9.48 Å². The van der Waals surface area contributed by atoms with Crippen LogP contribution in [0.1, 0.15) is 24.2 Å². The SMILES string of the molecule is Cc1ccc2c(CC(=O)O)nn([C@H]3CN(S(=O)(=O)c4ccc(OCF)cc4)C[C@H]3C)c2c1. The van der Waals surface area contributed by atoms with Crippen molar-refractivity contribution in [2.24, 2.45) is 5.92 Å². The molecule has 0 radical (unpaired) electrons. The van der Waals surface area contributed by atoms with E-state index in [1.54, 1.807) is 4.68 Å². The van der Waals surface area contributed by atoms with Crippen LogP contribution in [0, 0.1) is 12.8 Å². The van der Waals surface area contributed by atoms with Crippen LogP contribution >= 0.6 is 0 Å². The summed E-state index contributed by atoms with van der Waals surface area (Å²) in [6, 6.07) is 11.1. The molecule has 0 unspecified atom stereocenters. The first kappa shape index (κ1) is 22.2. The number of hydrogen-bond acceptors (Lipinski definition) is 5. The number of aryl methyl sites for hydroxylation is 1. The highest BCUT2D eigenvalue weighted by Gasteiger charge is 2.39.